The molecule has 2 unspecified atom stereocenters. The molecule has 1 heterocycles. The maximum atomic E-state index is 13.8. The van der Waals surface area contributed by atoms with Gasteiger partial charge in [0.15, 0.2) is 4.90 Å². The molecular formula is C12H16FN3O4S. The molecule has 9 heteroatoms. The lowest BCUT2D eigenvalue weighted by atomic mass is 10.0. The lowest BCUT2D eigenvalue weighted by Gasteiger charge is -2.28. The minimum Gasteiger partial charge on any atom is -0.314 e. The van der Waals surface area contributed by atoms with Crippen LogP contribution in [0, 0.1) is 15.9 Å². The summed E-state index contributed by atoms with van der Waals surface area (Å²) in [4.78, 5) is 9.10. The van der Waals surface area contributed by atoms with Gasteiger partial charge in [0.05, 0.1) is 4.92 Å². The zero-order valence-electron chi connectivity index (χ0n) is 11.4. The molecule has 21 heavy (non-hydrogen) atoms. The molecule has 1 aromatic carbocycles. The van der Waals surface area contributed by atoms with E-state index >= 15 is 0 Å². The van der Waals surface area contributed by atoms with Crippen LogP contribution in [-0.2, 0) is 10.0 Å². The van der Waals surface area contributed by atoms with Crippen LogP contribution < -0.4 is 10.0 Å². The quantitative estimate of drug-likeness (QED) is 0.641. The number of benzene rings is 1. The molecule has 116 valence electrons. The first-order chi connectivity index (χ1) is 9.81. The summed E-state index contributed by atoms with van der Waals surface area (Å²) in [6, 6.07) is 2.74. The SMILES string of the molecule is CC1CC(NS(=O)(=O)c2c(F)cccc2[N+](=O)[O-])CCN1. The minimum absolute atomic E-state index is 0.127. The fraction of sp³-hybridized carbons (Fsp3) is 0.500. The molecule has 0 bridgehead atoms. The van der Waals surface area contributed by atoms with E-state index in [0.29, 0.717) is 19.4 Å². The van der Waals surface area contributed by atoms with E-state index < -0.39 is 31.3 Å². The fourth-order valence-electron chi connectivity index (χ4n) is 2.42. The summed E-state index contributed by atoms with van der Waals surface area (Å²) in [5.74, 6) is -1.13. The second-order valence-corrected chi connectivity index (χ2v) is 6.69. The lowest BCUT2D eigenvalue weighted by Crippen LogP contribution is -2.46. The van der Waals surface area contributed by atoms with E-state index in [0.717, 1.165) is 18.2 Å². The van der Waals surface area contributed by atoms with Crippen LogP contribution in [0.3, 0.4) is 0 Å². The average molecular weight is 317 g/mol. The van der Waals surface area contributed by atoms with E-state index in [1.54, 1.807) is 0 Å². The van der Waals surface area contributed by atoms with Gasteiger partial charge in [-0.1, -0.05) is 6.07 Å². The fourth-order valence-corrected chi connectivity index (χ4v) is 3.94. The number of piperidine rings is 1. The molecule has 1 aliphatic rings. The van der Waals surface area contributed by atoms with Gasteiger partial charge in [0.2, 0.25) is 0 Å². The topological polar surface area (TPSA) is 101 Å². The van der Waals surface area contributed by atoms with Crippen molar-refractivity contribution in [3.63, 3.8) is 0 Å². The van der Waals surface area contributed by atoms with E-state index in [9.17, 15) is 22.9 Å². The first-order valence-corrected chi connectivity index (χ1v) is 7.98. The molecule has 0 saturated carbocycles. The molecule has 1 fully saturated rings. The van der Waals surface area contributed by atoms with E-state index in [2.05, 4.69) is 10.0 Å². The zero-order chi connectivity index (χ0) is 15.6. The Bertz CT molecular complexity index is 650. The molecule has 2 rings (SSSR count). The van der Waals surface area contributed by atoms with Gasteiger partial charge in [-0.05, 0) is 32.4 Å². The van der Waals surface area contributed by atoms with Crippen LogP contribution >= 0.6 is 0 Å². The molecule has 0 aliphatic carbocycles. The van der Waals surface area contributed by atoms with Crippen LogP contribution in [0.4, 0.5) is 10.1 Å². The second kappa shape index (κ2) is 6.04. The number of rotatable bonds is 4. The maximum Gasteiger partial charge on any atom is 0.292 e. The van der Waals surface area contributed by atoms with E-state index in [1.807, 2.05) is 6.92 Å². The highest BCUT2D eigenvalue weighted by Crippen LogP contribution is 2.27. The molecule has 0 amide bonds. The standard InChI is InChI=1S/C12H16FN3O4S/c1-8-7-9(5-6-14-8)15-21(19,20)12-10(13)3-2-4-11(12)16(17)18/h2-4,8-9,14-15H,5-7H2,1H3. The Hall–Kier alpha value is -1.58. The van der Waals surface area contributed by atoms with Gasteiger partial charge in [-0.2, -0.15) is 0 Å². The summed E-state index contributed by atoms with van der Waals surface area (Å²) in [5.41, 5.74) is -0.760. The van der Waals surface area contributed by atoms with Crippen molar-refractivity contribution in [2.45, 2.75) is 36.7 Å². The summed E-state index contributed by atoms with van der Waals surface area (Å²) in [7, 11) is -4.28. The number of nitro groups is 1. The Morgan fingerprint density at radius 1 is 1.48 bits per heavy atom. The van der Waals surface area contributed by atoms with Gasteiger partial charge in [-0.3, -0.25) is 10.1 Å². The number of nitro benzene ring substituents is 1. The Labute approximate surface area is 121 Å². The first-order valence-electron chi connectivity index (χ1n) is 6.50. The van der Waals surface area contributed by atoms with Crippen molar-refractivity contribution in [1.29, 1.82) is 0 Å². The number of sulfonamides is 1. The summed E-state index contributed by atoms with van der Waals surface area (Å²) < 4.78 is 40.7. The summed E-state index contributed by atoms with van der Waals surface area (Å²) in [6.07, 6.45) is 1.09. The van der Waals surface area contributed by atoms with Crippen molar-refractivity contribution in [1.82, 2.24) is 10.0 Å². The van der Waals surface area contributed by atoms with Crippen LogP contribution in [0.5, 0.6) is 0 Å². The second-order valence-electron chi connectivity index (χ2n) is 5.04. The van der Waals surface area contributed by atoms with Gasteiger partial charge in [0.1, 0.15) is 5.82 Å². The van der Waals surface area contributed by atoms with Crippen molar-refractivity contribution >= 4 is 15.7 Å². The largest absolute Gasteiger partial charge is 0.314 e. The van der Waals surface area contributed by atoms with Crippen LogP contribution in [0.15, 0.2) is 23.1 Å². The Kier molecular flexibility index (Phi) is 4.55. The lowest BCUT2D eigenvalue weighted by molar-refractivity contribution is -0.388. The van der Waals surface area contributed by atoms with E-state index in [1.165, 1.54) is 0 Å². The van der Waals surface area contributed by atoms with Gasteiger partial charge in [-0.15, -0.1) is 0 Å². The highest BCUT2D eigenvalue weighted by atomic mass is 32.2. The van der Waals surface area contributed by atoms with Crippen molar-refractivity contribution in [2.24, 2.45) is 0 Å². The van der Waals surface area contributed by atoms with Crippen molar-refractivity contribution in [3.05, 3.63) is 34.1 Å². The third kappa shape index (κ3) is 3.55. The molecule has 0 radical (unpaired) electrons. The number of hydrogen-bond acceptors (Lipinski definition) is 5. The minimum atomic E-state index is -4.28. The van der Waals surface area contributed by atoms with Crippen LogP contribution in [0.25, 0.3) is 0 Å². The van der Waals surface area contributed by atoms with Crippen LogP contribution in [-0.4, -0.2) is 32.0 Å². The molecule has 0 spiro atoms. The molecule has 2 N–H and O–H groups in total. The maximum absolute atomic E-state index is 13.8. The summed E-state index contributed by atoms with van der Waals surface area (Å²) in [6.45, 7) is 2.54. The highest BCUT2D eigenvalue weighted by molar-refractivity contribution is 7.89. The highest BCUT2D eigenvalue weighted by Gasteiger charge is 2.32. The zero-order valence-corrected chi connectivity index (χ0v) is 12.2. The third-order valence-electron chi connectivity index (χ3n) is 3.36. The molecule has 1 saturated heterocycles. The smallest absolute Gasteiger partial charge is 0.292 e. The van der Waals surface area contributed by atoms with Gasteiger partial charge in [-0.25, -0.2) is 17.5 Å². The number of halogens is 1. The molecular weight excluding hydrogens is 301 g/mol. The van der Waals surface area contributed by atoms with Gasteiger partial charge in [0.25, 0.3) is 15.7 Å². The van der Waals surface area contributed by atoms with Crippen LogP contribution in [0.2, 0.25) is 0 Å². The monoisotopic (exact) mass is 317 g/mol. The Morgan fingerprint density at radius 3 is 2.81 bits per heavy atom. The first kappa shape index (κ1) is 15.8. The average Bonchev–Trinajstić information content (AvgIpc) is 2.37. The number of nitrogens with one attached hydrogen (secondary N) is 2. The third-order valence-corrected chi connectivity index (χ3v) is 4.94. The normalized spacial score (nSPS) is 23.0. The van der Waals surface area contributed by atoms with E-state index in [4.69, 9.17) is 0 Å². The van der Waals surface area contributed by atoms with Gasteiger partial charge < -0.3 is 5.32 Å². The van der Waals surface area contributed by atoms with Crippen LogP contribution in [0.1, 0.15) is 19.8 Å². The summed E-state index contributed by atoms with van der Waals surface area (Å²) >= 11 is 0. The van der Waals surface area contributed by atoms with Gasteiger partial charge >= 0.3 is 0 Å². The summed E-state index contributed by atoms with van der Waals surface area (Å²) in [5, 5.41) is 14.1. The molecule has 1 aliphatic heterocycles. The predicted molar refractivity (Wildman–Crippen MR) is 73.9 cm³/mol. The van der Waals surface area contributed by atoms with Crippen molar-refractivity contribution in [3.8, 4) is 0 Å². The number of nitrogens with zero attached hydrogens (tertiary/aromatic N) is 1. The van der Waals surface area contributed by atoms with Crippen molar-refractivity contribution < 1.29 is 17.7 Å². The predicted octanol–water partition coefficient (Wildman–Crippen LogP) is 1.15. The Balaban J connectivity index is 2.33. The molecule has 0 aromatic heterocycles. The number of hydrogen-bond donors (Lipinski definition) is 2. The molecule has 7 nitrogen and oxygen atoms in total. The van der Waals surface area contributed by atoms with Gasteiger partial charge in [0, 0.05) is 18.2 Å². The van der Waals surface area contributed by atoms with E-state index in [-0.39, 0.29) is 12.1 Å². The molecule has 2 atom stereocenters. The Morgan fingerprint density at radius 2 is 2.19 bits per heavy atom. The molecule has 1 aromatic rings. The van der Waals surface area contributed by atoms with Crippen molar-refractivity contribution in [2.75, 3.05) is 6.54 Å².